The molecule has 5 aromatic carbocycles. The lowest BCUT2D eigenvalue weighted by atomic mass is 9.95. The quantitative estimate of drug-likeness (QED) is 0.200. The molecule has 0 radical (unpaired) electrons. The maximum atomic E-state index is 9.38. The summed E-state index contributed by atoms with van der Waals surface area (Å²) in [5.41, 5.74) is 11.4. The molecule has 0 amide bonds. The number of fused-ring (bicyclic) bond motifs is 1. The van der Waals surface area contributed by atoms with E-state index in [4.69, 9.17) is 9.97 Å². The molecule has 0 aliphatic carbocycles. The van der Waals surface area contributed by atoms with Crippen molar-refractivity contribution < 1.29 is 0 Å². The Hall–Kier alpha value is -6.31. The topological polar surface area (TPSA) is 52.8 Å². The summed E-state index contributed by atoms with van der Waals surface area (Å²) in [6, 6.07) is 49.2. The van der Waals surface area contributed by atoms with Crippen LogP contribution in [-0.4, -0.2) is 16.5 Å². The van der Waals surface area contributed by atoms with Gasteiger partial charge in [-0.1, -0.05) is 128 Å². The van der Waals surface area contributed by atoms with Gasteiger partial charge in [-0.25, -0.2) is 9.97 Å². The number of hydrogen-bond acceptors (Lipinski definition) is 4. The van der Waals surface area contributed by atoms with Crippen molar-refractivity contribution in [2.75, 3.05) is 11.4 Å². The van der Waals surface area contributed by atoms with E-state index >= 15 is 0 Å². The van der Waals surface area contributed by atoms with Gasteiger partial charge < -0.3 is 4.90 Å². The van der Waals surface area contributed by atoms with Crippen LogP contribution in [-0.2, 0) is 0 Å². The van der Waals surface area contributed by atoms with E-state index in [0.29, 0.717) is 18.1 Å². The molecule has 0 saturated heterocycles. The molecule has 1 aliphatic heterocycles. The predicted molar refractivity (Wildman–Crippen MR) is 189 cm³/mol. The first-order chi connectivity index (χ1) is 22.7. The first-order valence-electron chi connectivity index (χ1n) is 15.2. The Morgan fingerprint density at radius 3 is 1.80 bits per heavy atom. The highest BCUT2D eigenvalue weighted by atomic mass is 15.3. The molecular formula is C42H30N4. The fraction of sp³-hybridized carbons (Fsp3) is 0.0238. The van der Waals surface area contributed by atoms with Crippen LogP contribution in [0.15, 0.2) is 164 Å². The fourth-order valence-corrected chi connectivity index (χ4v) is 5.71. The summed E-state index contributed by atoms with van der Waals surface area (Å²) in [7, 11) is 0. The molecule has 218 valence electrons. The Balaban J connectivity index is 1.42. The molecule has 0 fully saturated rings. The Labute approximate surface area is 269 Å². The van der Waals surface area contributed by atoms with Crippen LogP contribution in [0.1, 0.15) is 16.7 Å². The molecule has 4 heteroatoms. The van der Waals surface area contributed by atoms with Gasteiger partial charge in [0.15, 0.2) is 0 Å². The standard InChI is InChI=1S/C42H30N4/c1-30-26-36(32-12-5-2-6-13-32)18-11-25-46(41-24-23-37(27-38(30)41)33-14-7-3-8-15-33)42-44-39(34-16-9-4-10-17-34)28-40(45-42)35-21-19-31(29-43)20-22-35/h2-24,26-28H,1,25H2/b18-11-,36-26+. The van der Waals surface area contributed by atoms with Crippen LogP contribution in [0.2, 0.25) is 0 Å². The number of hydrogen-bond donors (Lipinski definition) is 0. The third-order valence-corrected chi connectivity index (χ3v) is 8.10. The second-order valence-electron chi connectivity index (χ2n) is 11.1. The number of anilines is 2. The summed E-state index contributed by atoms with van der Waals surface area (Å²) in [6.07, 6.45) is 6.47. The molecule has 6 aromatic rings. The highest BCUT2D eigenvalue weighted by Gasteiger charge is 2.21. The molecule has 1 aliphatic rings. The van der Waals surface area contributed by atoms with Crippen LogP contribution < -0.4 is 4.90 Å². The van der Waals surface area contributed by atoms with Gasteiger partial charge in [0.05, 0.1) is 28.7 Å². The second kappa shape index (κ2) is 12.7. The van der Waals surface area contributed by atoms with Crippen LogP contribution >= 0.6 is 0 Å². The summed E-state index contributed by atoms with van der Waals surface area (Å²) < 4.78 is 0. The Morgan fingerprint density at radius 1 is 0.609 bits per heavy atom. The highest BCUT2D eigenvalue weighted by molar-refractivity contribution is 5.93. The van der Waals surface area contributed by atoms with Gasteiger partial charge in [0.1, 0.15) is 0 Å². The number of rotatable bonds is 5. The smallest absolute Gasteiger partial charge is 0.231 e. The molecule has 7 rings (SSSR count). The number of nitriles is 1. The molecule has 0 bridgehead atoms. The van der Waals surface area contributed by atoms with Crippen molar-refractivity contribution in [2.24, 2.45) is 0 Å². The second-order valence-corrected chi connectivity index (χ2v) is 11.1. The predicted octanol–water partition coefficient (Wildman–Crippen LogP) is 10.2. The van der Waals surface area contributed by atoms with Crippen LogP contribution in [0, 0.1) is 11.3 Å². The van der Waals surface area contributed by atoms with E-state index in [0.717, 1.165) is 61.6 Å². The monoisotopic (exact) mass is 590 g/mol. The maximum absolute atomic E-state index is 9.38. The van der Waals surface area contributed by atoms with Crippen LogP contribution in [0.5, 0.6) is 0 Å². The summed E-state index contributed by atoms with van der Waals surface area (Å²) >= 11 is 0. The molecule has 0 unspecified atom stereocenters. The SMILES string of the molecule is C=C1/C=C(c2ccccc2)\C=C/CN(c2nc(-c3ccccc3)cc(-c3ccc(C#N)cc3)n2)c2ccc(-c3ccccc3)cc21. The molecular weight excluding hydrogens is 560 g/mol. The molecule has 0 spiro atoms. The molecule has 46 heavy (non-hydrogen) atoms. The van der Waals surface area contributed by atoms with Crippen molar-refractivity contribution in [3.63, 3.8) is 0 Å². The lowest BCUT2D eigenvalue weighted by Gasteiger charge is -2.26. The molecule has 0 saturated carbocycles. The highest BCUT2D eigenvalue weighted by Crippen LogP contribution is 2.38. The zero-order chi connectivity index (χ0) is 31.3. The van der Waals surface area contributed by atoms with Crippen molar-refractivity contribution in [1.29, 1.82) is 5.26 Å². The van der Waals surface area contributed by atoms with Gasteiger partial charge in [0.25, 0.3) is 0 Å². The van der Waals surface area contributed by atoms with Crippen molar-refractivity contribution >= 4 is 22.8 Å². The number of aromatic nitrogens is 2. The third kappa shape index (κ3) is 5.91. The van der Waals surface area contributed by atoms with Crippen molar-refractivity contribution in [2.45, 2.75) is 0 Å². The lowest BCUT2D eigenvalue weighted by Crippen LogP contribution is -2.21. The zero-order valence-corrected chi connectivity index (χ0v) is 25.2. The molecule has 4 nitrogen and oxygen atoms in total. The minimum absolute atomic E-state index is 0.542. The number of allylic oxidation sites excluding steroid dienone is 4. The Kier molecular flexibility index (Phi) is 7.88. The fourth-order valence-electron chi connectivity index (χ4n) is 5.71. The van der Waals surface area contributed by atoms with E-state index in [1.165, 1.54) is 0 Å². The van der Waals surface area contributed by atoms with E-state index in [2.05, 4.69) is 115 Å². The largest absolute Gasteiger partial charge is 0.306 e. The van der Waals surface area contributed by atoms with E-state index in [1.807, 2.05) is 60.7 Å². The van der Waals surface area contributed by atoms with Gasteiger partial charge in [-0.3, -0.25) is 0 Å². The van der Waals surface area contributed by atoms with Crippen LogP contribution in [0.3, 0.4) is 0 Å². The van der Waals surface area contributed by atoms with E-state index < -0.39 is 0 Å². The number of benzene rings is 5. The van der Waals surface area contributed by atoms with Gasteiger partial charge in [0.2, 0.25) is 5.95 Å². The zero-order valence-electron chi connectivity index (χ0n) is 25.2. The molecule has 1 aromatic heterocycles. The van der Waals surface area contributed by atoms with Crippen molar-refractivity contribution in [3.8, 4) is 39.7 Å². The molecule has 0 atom stereocenters. The van der Waals surface area contributed by atoms with E-state index in [9.17, 15) is 5.26 Å². The summed E-state index contributed by atoms with van der Waals surface area (Å²) in [4.78, 5) is 12.5. The summed E-state index contributed by atoms with van der Waals surface area (Å²) in [5, 5.41) is 9.38. The van der Waals surface area contributed by atoms with Gasteiger partial charge in [-0.15, -0.1) is 0 Å². The average Bonchev–Trinajstić information content (AvgIpc) is 3.20. The average molecular weight is 591 g/mol. The summed E-state index contributed by atoms with van der Waals surface area (Å²) in [5.74, 6) is 0.579. The molecule has 2 heterocycles. The molecule has 0 N–H and O–H groups in total. The Morgan fingerprint density at radius 2 is 1.17 bits per heavy atom. The van der Waals surface area contributed by atoms with Crippen molar-refractivity contribution in [3.05, 3.63) is 181 Å². The normalized spacial score (nSPS) is 14.5. The van der Waals surface area contributed by atoms with Gasteiger partial charge in [-0.2, -0.15) is 5.26 Å². The first kappa shape index (κ1) is 28.5. The minimum Gasteiger partial charge on any atom is -0.306 e. The minimum atomic E-state index is 0.542. The third-order valence-electron chi connectivity index (χ3n) is 8.10. The van der Waals surface area contributed by atoms with Gasteiger partial charge >= 0.3 is 0 Å². The van der Waals surface area contributed by atoms with Crippen molar-refractivity contribution in [1.82, 2.24) is 9.97 Å². The van der Waals surface area contributed by atoms with Gasteiger partial charge in [-0.05, 0) is 64.2 Å². The van der Waals surface area contributed by atoms with Gasteiger partial charge in [0, 0.05) is 23.2 Å². The van der Waals surface area contributed by atoms with Crippen LogP contribution in [0.4, 0.5) is 11.6 Å². The van der Waals surface area contributed by atoms with E-state index in [-0.39, 0.29) is 0 Å². The maximum Gasteiger partial charge on any atom is 0.231 e. The van der Waals surface area contributed by atoms with Crippen LogP contribution in [0.25, 0.3) is 44.8 Å². The Bertz CT molecular complexity index is 2120. The summed E-state index contributed by atoms with van der Waals surface area (Å²) in [6.45, 7) is 5.12. The first-order valence-corrected chi connectivity index (χ1v) is 15.2. The van der Waals surface area contributed by atoms with E-state index in [1.54, 1.807) is 0 Å². The number of nitrogens with zero attached hydrogens (tertiary/aromatic N) is 4. The lowest BCUT2D eigenvalue weighted by molar-refractivity contribution is 0.991.